The molecule has 4 fully saturated rings. The van der Waals surface area contributed by atoms with Gasteiger partial charge < -0.3 is 84.5 Å². The molecule has 9 aromatic rings. The summed E-state index contributed by atoms with van der Waals surface area (Å²) < 4.78 is 31.9. The van der Waals surface area contributed by atoms with Crippen molar-refractivity contribution >= 4 is 136 Å². The lowest BCUT2D eigenvalue weighted by Crippen LogP contribution is -2.41. The van der Waals surface area contributed by atoms with Gasteiger partial charge in [-0.1, -0.05) is 59.6 Å². The Labute approximate surface area is 607 Å². The molecule has 2 aromatic carbocycles. The third kappa shape index (κ3) is 19.4. The van der Waals surface area contributed by atoms with Crippen LogP contribution in [0.3, 0.4) is 0 Å². The van der Waals surface area contributed by atoms with Crippen molar-refractivity contribution < 1.29 is 57.6 Å². The first-order valence-electron chi connectivity index (χ1n) is 33.6. The smallest absolute Gasteiger partial charge is 0.352 e. The van der Waals surface area contributed by atoms with Crippen molar-refractivity contribution in [2.75, 3.05) is 171 Å². The molecule has 32 heteroatoms. The SMILES string of the molecule is Cn1cc(NC(=O)c2sc3ccccc3c2Cl)cc1C(=O)Nc1cc(C(=O)Nc2cc(C(=O)NCCN3CCOCC3)n(CCN3CCOCC3)c2)n(C)c1.Cn1cc(NC(=O)c2sc3ccccc3c2Cl)cc1C(=O)O.Nc1cc(C(=O)NCCN2CCOCC2)n(CCN2CCOCC2)c1. The quantitative estimate of drug-likeness (QED) is 0.0307. The number of aryl methyl sites for hydroxylation is 3. The van der Waals surface area contributed by atoms with Gasteiger partial charge in [0.15, 0.2) is 0 Å². The highest BCUT2D eigenvalue weighted by molar-refractivity contribution is 7.22. The second-order valence-electron chi connectivity index (χ2n) is 24.8. The van der Waals surface area contributed by atoms with Gasteiger partial charge >= 0.3 is 5.97 Å². The Bertz CT molecular complexity index is 4430. The summed E-state index contributed by atoms with van der Waals surface area (Å²) in [6.45, 7) is 18.5. The molecule has 0 unspecified atom stereocenters. The summed E-state index contributed by atoms with van der Waals surface area (Å²) in [4.78, 5) is 99.3. The molecule has 7 aromatic heterocycles. The van der Waals surface area contributed by atoms with Crippen LogP contribution in [0.2, 0.25) is 10.0 Å². The van der Waals surface area contributed by atoms with E-state index in [1.165, 1.54) is 33.3 Å². The summed E-state index contributed by atoms with van der Waals surface area (Å²) >= 11 is 15.4. The highest BCUT2D eigenvalue weighted by atomic mass is 35.5. The number of nitrogen functional groups attached to an aromatic ring is 1. The molecule has 13 rings (SSSR count). The average Bonchev–Trinajstić information content (AvgIpc) is 1.66. The van der Waals surface area contributed by atoms with E-state index in [1.807, 2.05) is 63.9 Å². The minimum absolute atomic E-state index is 0.0630. The van der Waals surface area contributed by atoms with E-state index >= 15 is 0 Å². The van der Waals surface area contributed by atoms with E-state index in [9.17, 15) is 33.6 Å². The van der Waals surface area contributed by atoms with Crippen LogP contribution in [-0.4, -0.2) is 233 Å². The largest absolute Gasteiger partial charge is 0.477 e. The predicted octanol–water partition coefficient (Wildman–Crippen LogP) is 7.49. The number of halogens is 2. The Hall–Kier alpha value is -8.89. The van der Waals surface area contributed by atoms with E-state index in [1.54, 1.807) is 79.3 Å². The van der Waals surface area contributed by atoms with Crippen molar-refractivity contribution in [1.29, 1.82) is 0 Å². The van der Waals surface area contributed by atoms with Gasteiger partial charge in [-0.15, -0.1) is 22.7 Å². The average molecular weight is 1480 g/mol. The van der Waals surface area contributed by atoms with Crippen molar-refractivity contribution in [2.45, 2.75) is 13.1 Å². The van der Waals surface area contributed by atoms with E-state index in [2.05, 4.69) is 51.5 Å². The summed E-state index contributed by atoms with van der Waals surface area (Å²) in [5.41, 5.74) is 10.0. The van der Waals surface area contributed by atoms with Gasteiger partial charge in [-0.25, -0.2) is 4.79 Å². The Balaban J connectivity index is 0.000000182. The summed E-state index contributed by atoms with van der Waals surface area (Å²) in [7, 11) is 5.01. The molecular weight excluding hydrogens is 1390 g/mol. The summed E-state index contributed by atoms with van der Waals surface area (Å²) in [5.74, 6) is -2.89. The van der Waals surface area contributed by atoms with E-state index in [0.29, 0.717) is 117 Å². The molecule has 4 aliphatic rings. The number of nitrogens with one attached hydrogen (secondary N) is 6. The van der Waals surface area contributed by atoms with Crippen LogP contribution >= 0.6 is 45.9 Å². The maximum atomic E-state index is 13.6. The molecule has 0 atom stereocenters. The number of carbonyl (C=O) groups excluding carboxylic acids is 6. The van der Waals surface area contributed by atoms with E-state index in [0.717, 1.165) is 132 Å². The minimum atomic E-state index is -1.05. The molecule has 102 heavy (non-hydrogen) atoms. The third-order valence-corrected chi connectivity index (χ3v) is 21.0. The van der Waals surface area contributed by atoms with Crippen molar-refractivity contribution in [3.63, 3.8) is 0 Å². The van der Waals surface area contributed by atoms with E-state index < -0.39 is 17.8 Å². The predicted molar refractivity (Wildman–Crippen MR) is 396 cm³/mol. The third-order valence-electron chi connectivity index (χ3n) is 17.6. The number of rotatable bonds is 23. The van der Waals surface area contributed by atoms with Crippen LogP contribution in [0.25, 0.3) is 20.2 Å². The number of aromatic nitrogens is 5. The Kier molecular flexibility index (Phi) is 25.7. The van der Waals surface area contributed by atoms with Gasteiger partial charge in [0.05, 0.1) is 91.3 Å². The zero-order valence-corrected chi connectivity index (χ0v) is 60.1. The van der Waals surface area contributed by atoms with E-state index in [4.69, 9.17) is 53.0 Å². The monoisotopic (exact) mass is 1470 g/mol. The number of nitrogens with zero attached hydrogens (tertiary/aromatic N) is 9. The second-order valence-corrected chi connectivity index (χ2v) is 27.6. The number of anilines is 5. The number of hydrogen-bond donors (Lipinski definition) is 8. The Morgan fingerprint density at radius 1 is 0.422 bits per heavy atom. The lowest BCUT2D eigenvalue weighted by atomic mass is 10.2. The number of carbonyl (C=O) groups is 7. The number of benzene rings is 2. The van der Waals surface area contributed by atoms with Crippen molar-refractivity contribution in [1.82, 2.24) is 53.1 Å². The molecule has 9 N–H and O–H groups in total. The maximum absolute atomic E-state index is 13.6. The molecule has 6 amide bonds. The zero-order chi connectivity index (χ0) is 71.8. The summed E-state index contributed by atoms with van der Waals surface area (Å²) in [6, 6.07) is 23.0. The molecule has 4 aliphatic heterocycles. The first kappa shape index (κ1) is 74.3. The molecule has 4 saturated heterocycles. The lowest BCUT2D eigenvalue weighted by Gasteiger charge is -2.27. The number of amides is 6. The number of fused-ring (bicyclic) bond motifs is 2. The molecule has 28 nitrogen and oxygen atoms in total. The van der Waals surface area contributed by atoms with Crippen molar-refractivity contribution in [2.24, 2.45) is 21.1 Å². The number of hydrogen-bond acceptors (Lipinski definition) is 18. The maximum Gasteiger partial charge on any atom is 0.352 e. The summed E-state index contributed by atoms with van der Waals surface area (Å²) in [6.07, 6.45) is 8.45. The fourth-order valence-electron chi connectivity index (χ4n) is 12.1. The van der Waals surface area contributed by atoms with Crippen LogP contribution in [-0.2, 0) is 53.2 Å². The summed E-state index contributed by atoms with van der Waals surface area (Å²) in [5, 5.41) is 28.8. The lowest BCUT2D eigenvalue weighted by molar-refractivity contribution is 0.0362. The first-order valence-corrected chi connectivity index (χ1v) is 36.0. The molecule has 0 bridgehead atoms. The van der Waals surface area contributed by atoms with Crippen LogP contribution in [0.4, 0.5) is 28.4 Å². The van der Waals surface area contributed by atoms with Gasteiger partial charge in [0.2, 0.25) is 0 Å². The highest BCUT2D eigenvalue weighted by Gasteiger charge is 2.25. The normalized spacial score (nSPS) is 15.4. The van der Waals surface area contributed by atoms with Crippen LogP contribution in [0.1, 0.15) is 71.8 Å². The van der Waals surface area contributed by atoms with Crippen LogP contribution < -0.4 is 37.6 Å². The fourth-order valence-corrected chi connectivity index (χ4v) is 15.0. The second kappa shape index (κ2) is 35.3. The van der Waals surface area contributed by atoms with Crippen LogP contribution in [0.15, 0.2) is 110 Å². The number of morpholine rings is 4. The fraction of sp³-hybridized carbons (Fsp3) is 0.386. The number of carboxylic acid groups (broad SMARTS) is 1. The van der Waals surface area contributed by atoms with Gasteiger partial charge in [0.25, 0.3) is 35.4 Å². The van der Waals surface area contributed by atoms with Gasteiger partial charge in [-0.05, 0) is 42.5 Å². The molecule has 0 aliphatic carbocycles. The molecule has 0 radical (unpaired) electrons. The van der Waals surface area contributed by atoms with Gasteiger partial charge in [-0.2, -0.15) is 0 Å². The topological polar surface area (TPSA) is 312 Å². The molecular formula is C70H84Cl2N16O12S2. The Morgan fingerprint density at radius 2 is 0.755 bits per heavy atom. The van der Waals surface area contributed by atoms with Gasteiger partial charge in [0.1, 0.15) is 38.2 Å². The number of carboxylic acids is 1. The number of ether oxygens (including phenoxy) is 4. The zero-order valence-electron chi connectivity index (χ0n) is 57.0. The van der Waals surface area contributed by atoms with Crippen molar-refractivity contribution in [3.8, 4) is 0 Å². The molecule has 11 heterocycles. The minimum Gasteiger partial charge on any atom is -0.477 e. The number of aromatic carboxylic acids is 1. The van der Waals surface area contributed by atoms with Gasteiger partial charge in [-0.3, -0.25) is 48.4 Å². The number of nitrogens with two attached hydrogens (primary N) is 1. The van der Waals surface area contributed by atoms with E-state index in [-0.39, 0.29) is 29.3 Å². The van der Waals surface area contributed by atoms with Gasteiger partial charge in [0, 0.05) is 177 Å². The highest BCUT2D eigenvalue weighted by Crippen LogP contribution is 2.37. The van der Waals surface area contributed by atoms with Crippen LogP contribution in [0.5, 0.6) is 0 Å². The first-order chi connectivity index (χ1) is 49.3. The molecule has 0 spiro atoms. The molecule has 0 saturated carbocycles. The number of thiophene rings is 2. The standard InChI is InChI=1S/C38H44ClN9O6S.C17H29N5O3.C15H11ClN2O3S/c1-44-22-25(41-36(50)30-20-26(23-45(30)2)43-38(52)34-33(39)28-5-3-4-6-32(28)55-34)19-29(44)37(51)42-27-21-31(35(49)40-7-8-46-11-15-53-16-12-46)48(24-27)10-9-47-13-17-54-18-14-47;18-15-13-16(17(23)19-1-2-20-5-9-24-10-6-20)22(14-15)4-3-21-7-11-25-12-8-21;1-18-7-8(6-10(18)15(20)21)17-14(19)13-12(16)9-4-2-3-5-11(9)22-13/h3-6,19-24H,7-18H2,1-2H3,(H,40,49)(H,41,50)(H,42,51)(H,43,52);13-14H,1-12,18H2,(H,19,23);2-7H,1H3,(H,17,19)(H,20,21). The Morgan fingerprint density at radius 3 is 1.15 bits per heavy atom. The van der Waals surface area contributed by atoms with Crippen LogP contribution in [0, 0.1) is 0 Å². The molecule has 542 valence electrons. The van der Waals surface area contributed by atoms with Crippen molar-refractivity contribution in [3.05, 3.63) is 158 Å².